The Bertz CT molecular complexity index is 865. The molecule has 2 aliphatic rings. The SMILES string of the molecule is COc1c(Br)cc(Br)cc1[C@H]1NC(=O)c2c(sc3c2CC[C@H](C)C3)N1. The highest BCUT2D eigenvalue weighted by molar-refractivity contribution is 9.11. The number of carbonyl (C=O) groups is 1. The molecule has 2 heterocycles. The quantitative estimate of drug-likeness (QED) is 0.609. The lowest BCUT2D eigenvalue weighted by atomic mass is 9.88. The van der Waals surface area contributed by atoms with Gasteiger partial charge in [-0.2, -0.15) is 0 Å². The van der Waals surface area contributed by atoms with Crippen molar-refractivity contribution in [3.63, 3.8) is 0 Å². The maximum Gasteiger partial charge on any atom is 0.256 e. The summed E-state index contributed by atoms with van der Waals surface area (Å²) in [5, 5.41) is 7.59. The zero-order valence-electron chi connectivity index (χ0n) is 13.9. The van der Waals surface area contributed by atoms with Gasteiger partial charge in [0.2, 0.25) is 0 Å². The first kappa shape index (κ1) is 17.4. The molecule has 0 saturated carbocycles. The summed E-state index contributed by atoms with van der Waals surface area (Å²) >= 11 is 8.78. The number of halogens is 2. The van der Waals surface area contributed by atoms with Crippen molar-refractivity contribution < 1.29 is 9.53 Å². The number of carbonyl (C=O) groups excluding carboxylic acids is 1. The molecule has 0 bridgehead atoms. The molecule has 2 atom stereocenters. The first-order valence-electron chi connectivity index (χ1n) is 8.22. The third kappa shape index (κ3) is 3.00. The fourth-order valence-corrected chi connectivity index (χ4v) is 6.49. The molecule has 0 saturated heterocycles. The second-order valence-electron chi connectivity index (χ2n) is 6.62. The summed E-state index contributed by atoms with van der Waals surface area (Å²) < 4.78 is 7.32. The Morgan fingerprint density at radius 3 is 2.84 bits per heavy atom. The van der Waals surface area contributed by atoms with E-state index in [1.54, 1.807) is 18.4 Å². The Kier molecular flexibility index (Phi) is 4.58. The maximum atomic E-state index is 12.8. The largest absolute Gasteiger partial charge is 0.495 e. The van der Waals surface area contributed by atoms with Gasteiger partial charge in [0.05, 0.1) is 17.1 Å². The van der Waals surface area contributed by atoms with E-state index in [0.29, 0.717) is 5.92 Å². The minimum absolute atomic E-state index is 0.00366. The van der Waals surface area contributed by atoms with Crippen LogP contribution < -0.4 is 15.4 Å². The van der Waals surface area contributed by atoms with Crippen molar-refractivity contribution in [2.75, 3.05) is 12.4 Å². The minimum atomic E-state index is -0.318. The lowest BCUT2D eigenvalue weighted by Gasteiger charge is -2.28. The second kappa shape index (κ2) is 6.59. The second-order valence-corrected chi connectivity index (χ2v) is 9.49. The molecule has 132 valence electrons. The lowest BCUT2D eigenvalue weighted by molar-refractivity contribution is 0.0934. The number of rotatable bonds is 2. The highest BCUT2D eigenvalue weighted by atomic mass is 79.9. The van der Waals surface area contributed by atoms with E-state index in [1.807, 2.05) is 12.1 Å². The highest BCUT2D eigenvalue weighted by Gasteiger charge is 2.34. The summed E-state index contributed by atoms with van der Waals surface area (Å²) in [5.41, 5.74) is 2.97. The number of hydrogen-bond donors (Lipinski definition) is 2. The van der Waals surface area contributed by atoms with Gasteiger partial charge in [0.15, 0.2) is 0 Å². The number of hydrogen-bond acceptors (Lipinski definition) is 4. The van der Waals surface area contributed by atoms with Gasteiger partial charge in [-0.25, -0.2) is 0 Å². The predicted molar refractivity (Wildman–Crippen MR) is 108 cm³/mol. The Morgan fingerprint density at radius 1 is 1.28 bits per heavy atom. The van der Waals surface area contributed by atoms with Crippen LogP contribution in [0.3, 0.4) is 0 Å². The summed E-state index contributed by atoms with van der Waals surface area (Å²) in [6.07, 6.45) is 2.90. The van der Waals surface area contributed by atoms with Crippen molar-refractivity contribution in [2.45, 2.75) is 32.4 Å². The van der Waals surface area contributed by atoms with Gasteiger partial charge in [0.25, 0.3) is 5.91 Å². The molecule has 0 spiro atoms. The highest BCUT2D eigenvalue weighted by Crippen LogP contribution is 2.44. The first-order chi connectivity index (χ1) is 12.0. The van der Waals surface area contributed by atoms with E-state index in [9.17, 15) is 4.79 Å². The maximum absolute atomic E-state index is 12.8. The molecule has 4 nitrogen and oxygen atoms in total. The van der Waals surface area contributed by atoms with E-state index >= 15 is 0 Å². The molecule has 4 rings (SSSR count). The fourth-order valence-electron chi connectivity index (χ4n) is 3.63. The van der Waals surface area contributed by atoms with Gasteiger partial charge in [0, 0.05) is 14.9 Å². The van der Waals surface area contributed by atoms with Crippen molar-refractivity contribution in [1.29, 1.82) is 0 Å². The standard InChI is InChI=1S/C18H18Br2N2O2S/c1-8-3-4-10-13(5-8)25-18-14(10)17(23)21-16(22-18)11-6-9(19)7-12(20)15(11)24-2/h6-8,16,22H,3-5H2,1-2H3,(H,21,23)/t8-,16-/m0/s1. The molecule has 1 aromatic heterocycles. The third-order valence-corrected chi connectivity index (χ3v) is 7.07. The van der Waals surface area contributed by atoms with Crippen molar-refractivity contribution in [3.05, 3.63) is 42.6 Å². The van der Waals surface area contributed by atoms with Crippen LogP contribution in [0.2, 0.25) is 0 Å². The average Bonchev–Trinajstić information content (AvgIpc) is 2.91. The van der Waals surface area contributed by atoms with Crippen LogP contribution in [0.15, 0.2) is 21.1 Å². The van der Waals surface area contributed by atoms with Crippen LogP contribution in [0.25, 0.3) is 0 Å². The number of benzene rings is 1. The molecule has 7 heteroatoms. The Morgan fingerprint density at radius 2 is 2.08 bits per heavy atom. The van der Waals surface area contributed by atoms with Gasteiger partial charge < -0.3 is 15.4 Å². The van der Waals surface area contributed by atoms with Crippen LogP contribution in [-0.4, -0.2) is 13.0 Å². The van der Waals surface area contributed by atoms with E-state index < -0.39 is 0 Å². The third-order valence-electron chi connectivity index (χ3n) is 4.84. The van der Waals surface area contributed by atoms with Crippen molar-refractivity contribution in [2.24, 2.45) is 5.92 Å². The Balaban J connectivity index is 1.75. The summed E-state index contributed by atoms with van der Waals surface area (Å²) in [5.74, 6) is 1.41. The number of anilines is 1. The van der Waals surface area contributed by atoms with Crippen molar-refractivity contribution >= 4 is 54.1 Å². The first-order valence-corrected chi connectivity index (χ1v) is 10.6. The number of fused-ring (bicyclic) bond motifs is 3. The summed E-state index contributed by atoms with van der Waals surface area (Å²) in [4.78, 5) is 14.2. The molecule has 1 aliphatic carbocycles. The molecule has 0 radical (unpaired) electrons. The van der Waals surface area contributed by atoms with Gasteiger partial charge in [-0.1, -0.05) is 22.9 Å². The zero-order valence-corrected chi connectivity index (χ0v) is 17.9. The van der Waals surface area contributed by atoms with Crippen LogP contribution in [0.4, 0.5) is 5.00 Å². The fraction of sp³-hybridized carbons (Fsp3) is 0.389. The van der Waals surface area contributed by atoms with E-state index in [0.717, 1.165) is 50.1 Å². The van der Waals surface area contributed by atoms with Gasteiger partial charge in [-0.15, -0.1) is 11.3 Å². The molecular formula is C18H18Br2N2O2S. The summed E-state index contributed by atoms with van der Waals surface area (Å²) in [6.45, 7) is 2.28. The zero-order chi connectivity index (χ0) is 17.7. The van der Waals surface area contributed by atoms with Crippen LogP contribution in [-0.2, 0) is 12.8 Å². The molecule has 0 unspecified atom stereocenters. The number of ether oxygens (including phenoxy) is 1. The minimum Gasteiger partial charge on any atom is -0.495 e. The number of methoxy groups -OCH3 is 1. The topological polar surface area (TPSA) is 50.4 Å². The van der Waals surface area contributed by atoms with Gasteiger partial charge >= 0.3 is 0 Å². The van der Waals surface area contributed by atoms with Crippen LogP contribution in [0, 0.1) is 5.92 Å². The predicted octanol–water partition coefficient (Wildman–Crippen LogP) is 5.26. The lowest BCUT2D eigenvalue weighted by Crippen LogP contribution is -2.38. The smallest absolute Gasteiger partial charge is 0.256 e. The van der Waals surface area contributed by atoms with Gasteiger partial charge in [-0.05, 0) is 58.8 Å². The Labute approximate surface area is 167 Å². The number of thiophene rings is 1. The molecule has 1 aliphatic heterocycles. The van der Waals surface area contributed by atoms with Crippen molar-refractivity contribution in [1.82, 2.24) is 5.32 Å². The molecule has 0 fully saturated rings. The van der Waals surface area contributed by atoms with Gasteiger partial charge in [0.1, 0.15) is 16.9 Å². The van der Waals surface area contributed by atoms with E-state index in [-0.39, 0.29) is 12.1 Å². The van der Waals surface area contributed by atoms with Crippen LogP contribution in [0.5, 0.6) is 5.75 Å². The molecule has 1 amide bonds. The monoisotopic (exact) mass is 484 g/mol. The van der Waals surface area contributed by atoms with E-state index in [4.69, 9.17) is 4.74 Å². The number of nitrogens with one attached hydrogen (secondary N) is 2. The van der Waals surface area contributed by atoms with Crippen LogP contribution >= 0.6 is 43.2 Å². The summed E-state index contributed by atoms with van der Waals surface area (Å²) in [7, 11) is 1.64. The normalized spacial score (nSPS) is 21.8. The molecule has 2 aromatic rings. The molecular weight excluding hydrogens is 468 g/mol. The molecule has 25 heavy (non-hydrogen) atoms. The molecule has 2 N–H and O–H groups in total. The van der Waals surface area contributed by atoms with Gasteiger partial charge in [-0.3, -0.25) is 4.79 Å². The van der Waals surface area contributed by atoms with Crippen LogP contribution in [0.1, 0.15) is 45.9 Å². The van der Waals surface area contributed by atoms with E-state index in [2.05, 4.69) is 49.4 Å². The molecule has 1 aromatic carbocycles. The average molecular weight is 486 g/mol. The summed E-state index contributed by atoms with van der Waals surface area (Å²) in [6, 6.07) is 3.91. The Hall–Kier alpha value is -1.05. The number of amides is 1. The van der Waals surface area contributed by atoms with E-state index in [1.165, 1.54) is 10.4 Å². The van der Waals surface area contributed by atoms with Crippen molar-refractivity contribution in [3.8, 4) is 5.75 Å².